The molecule has 0 N–H and O–H groups in total. The van der Waals surface area contributed by atoms with E-state index in [4.69, 9.17) is 22.1 Å². The molecule has 0 saturated carbocycles. The number of rotatable bonds is 6. The van der Waals surface area contributed by atoms with Gasteiger partial charge >= 0.3 is 0 Å². The van der Waals surface area contributed by atoms with Gasteiger partial charge in [0.1, 0.15) is 15.8 Å². The fourth-order valence-electron chi connectivity index (χ4n) is 4.46. The maximum atomic E-state index is 13.3. The Balaban J connectivity index is 1.55. The standard InChI is InChI=1S/C26H25N3O4S3/c1-3-33-22-10-9-18(13-17(22)2)24-19(15-28(27-24)20-7-5-4-6-8-20)14-23-25(30)29(26(34)35-23)21-11-12-36(31,32)16-21/h4-10,13-15,21H,3,11-12,16H2,1-2H3. The van der Waals surface area contributed by atoms with Gasteiger partial charge in [-0.15, -0.1) is 0 Å². The van der Waals surface area contributed by atoms with Crippen molar-refractivity contribution in [2.45, 2.75) is 26.3 Å². The Kier molecular flexibility index (Phi) is 6.76. The van der Waals surface area contributed by atoms with E-state index in [1.165, 1.54) is 16.7 Å². The van der Waals surface area contributed by atoms with Crippen molar-refractivity contribution in [3.63, 3.8) is 0 Å². The summed E-state index contributed by atoms with van der Waals surface area (Å²) in [6.07, 6.45) is 4.10. The molecule has 1 unspecified atom stereocenters. The van der Waals surface area contributed by atoms with Crippen LogP contribution in [0.2, 0.25) is 0 Å². The average molecular weight is 540 g/mol. The van der Waals surface area contributed by atoms with Crippen molar-refractivity contribution in [1.29, 1.82) is 0 Å². The molecule has 0 spiro atoms. The maximum absolute atomic E-state index is 13.3. The van der Waals surface area contributed by atoms with E-state index in [-0.39, 0.29) is 17.4 Å². The lowest BCUT2D eigenvalue weighted by molar-refractivity contribution is -0.123. The molecule has 1 atom stereocenters. The molecule has 10 heteroatoms. The van der Waals surface area contributed by atoms with Crippen LogP contribution < -0.4 is 4.74 Å². The number of aryl methyl sites for hydroxylation is 1. The number of carbonyl (C=O) groups excluding carboxylic acids is 1. The zero-order chi connectivity index (χ0) is 25.4. The molecule has 7 nitrogen and oxygen atoms in total. The summed E-state index contributed by atoms with van der Waals surface area (Å²) in [6.45, 7) is 4.52. The van der Waals surface area contributed by atoms with Gasteiger partial charge in [-0.25, -0.2) is 13.1 Å². The van der Waals surface area contributed by atoms with Crippen LogP contribution in [0.1, 0.15) is 24.5 Å². The van der Waals surface area contributed by atoms with Gasteiger partial charge in [-0.3, -0.25) is 9.69 Å². The third-order valence-electron chi connectivity index (χ3n) is 6.20. The minimum Gasteiger partial charge on any atom is -0.494 e. The molecule has 0 aliphatic carbocycles. The molecule has 2 aromatic carbocycles. The van der Waals surface area contributed by atoms with E-state index in [2.05, 4.69) is 0 Å². The minimum atomic E-state index is -3.14. The van der Waals surface area contributed by atoms with Crippen LogP contribution in [0.15, 0.2) is 59.6 Å². The molecule has 3 aromatic rings. The molecular formula is C26H25N3O4S3. The van der Waals surface area contributed by atoms with E-state index in [0.29, 0.717) is 22.3 Å². The van der Waals surface area contributed by atoms with E-state index < -0.39 is 15.9 Å². The van der Waals surface area contributed by atoms with Crippen molar-refractivity contribution in [1.82, 2.24) is 14.7 Å². The molecule has 2 saturated heterocycles. The fourth-order valence-corrected chi connectivity index (χ4v) is 7.55. The zero-order valence-corrected chi connectivity index (χ0v) is 22.3. The van der Waals surface area contributed by atoms with Crippen LogP contribution in [0.3, 0.4) is 0 Å². The van der Waals surface area contributed by atoms with Crippen LogP contribution in [0.25, 0.3) is 23.0 Å². The van der Waals surface area contributed by atoms with E-state index in [0.717, 1.165) is 33.8 Å². The highest BCUT2D eigenvalue weighted by molar-refractivity contribution is 8.26. The minimum absolute atomic E-state index is 0.0463. The van der Waals surface area contributed by atoms with Crippen LogP contribution in [0.4, 0.5) is 0 Å². The van der Waals surface area contributed by atoms with Gasteiger partial charge in [0.15, 0.2) is 9.84 Å². The first-order valence-electron chi connectivity index (χ1n) is 11.6. The monoisotopic (exact) mass is 539 g/mol. The van der Waals surface area contributed by atoms with Crippen molar-refractivity contribution < 1.29 is 17.9 Å². The van der Waals surface area contributed by atoms with Crippen molar-refractivity contribution in [2.24, 2.45) is 0 Å². The Morgan fingerprint density at radius 2 is 2.00 bits per heavy atom. The highest BCUT2D eigenvalue weighted by atomic mass is 32.2. The average Bonchev–Trinajstić information content (AvgIpc) is 3.51. The molecule has 2 aliphatic heterocycles. The summed E-state index contributed by atoms with van der Waals surface area (Å²) in [7, 11) is -3.14. The van der Waals surface area contributed by atoms with Crippen LogP contribution in [-0.4, -0.2) is 57.5 Å². The molecule has 36 heavy (non-hydrogen) atoms. The predicted octanol–water partition coefficient (Wildman–Crippen LogP) is 4.63. The Morgan fingerprint density at radius 1 is 1.22 bits per heavy atom. The molecule has 0 bridgehead atoms. The second-order valence-corrected chi connectivity index (χ2v) is 12.6. The molecule has 0 radical (unpaired) electrons. The summed E-state index contributed by atoms with van der Waals surface area (Å²) in [5.41, 5.74) is 4.27. The number of sulfone groups is 1. The molecule has 2 aliphatic rings. The molecule has 1 aromatic heterocycles. The van der Waals surface area contributed by atoms with E-state index in [1.807, 2.05) is 68.6 Å². The Morgan fingerprint density at radius 3 is 2.67 bits per heavy atom. The number of aromatic nitrogens is 2. The fraction of sp³-hybridized carbons (Fsp3) is 0.269. The van der Waals surface area contributed by atoms with Crippen molar-refractivity contribution in [2.75, 3.05) is 18.1 Å². The lowest BCUT2D eigenvalue weighted by Gasteiger charge is -2.20. The van der Waals surface area contributed by atoms with E-state index in [9.17, 15) is 13.2 Å². The van der Waals surface area contributed by atoms with Crippen molar-refractivity contribution in [3.05, 3.63) is 70.8 Å². The van der Waals surface area contributed by atoms with Crippen LogP contribution in [-0.2, 0) is 14.6 Å². The molecule has 2 fully saturated rings. The number of thiocarbonyl (C=S) groups is 1. The van der Waals surface area contributed by atoms with E-state index >= 15 is 0 Å². The van der Waals surface area contributed by atoms with Gasteiger partial charge in [-0.1, -0.05) is 42.2 Å². The number of benzene rings is 2. The number of thioether (sulfide) groups is 1. The summed E-state index contributed by atoms with van der Waals surface area (Å²) in [5.74, 6) is 0.597. The summed E-state index contributed by atoms with van der Waals surface area (Å²) in [5, 5.41) is 4.85. The predicted molar refractivity (Wildman–Crippen MR) is 147 cm³/mol. The van der Waals surface area contributed by atoms with Gasteiger partial charge < -0.3 is 4.74 Å². The molecule has 5 rings (SSSR count). The number of amides is 1. The highest BCUT2D eigenvalue weighted by Crippen LogP contribution is 2.38. The van der Waals surface area contributed by atoms with Gasteiger partial charge in [0.05, 0.1) is 34.7 Å². The topological polar surface area (TPSA) is 81.5 Å². The Labute approximate surface area is 220 Å². The molecule has 3 heterocycles. The van der Waals surface area contributed by atoms with Crippen LogP contribution >= 0.6 is 24.0 Å². The van der Waals surface area contributed by atoms with Crippen LogP contribution in [0, 0.1) is 6.92 Å². The second kappa shape index (κ2) is 9.84. The first kappa shape index (κ1) is 24.7. The maximum Gasteiger partial charge on any atom is 0.266 e. The van der Waals surface area contributed by atoms with Gasteiger partial charge in [-0.05, 0) is 62.2 Å². The first-order chi connectivity index (χ1) is 17.3. The molecule has 1 amide bonds. The lowest BCUT2D eigenvalue weighted by atomic mass is 10.0. The molecule has 186 valence electrons. The van der Waals surface area contributed by atoms with Crippen molar-refractivity contribution in [3.8, 4) is 22.7 Å². The van der Waals surface area contributed by atoms with Crippen molar-refractivity contribution >= 4 is 50.1 Å². The van der Waals surface area contributed by atoms with Gasteiger partial charge in [-0.2, -0.15) is 5.10 Å². The largest absolute Gasteiger partial charge is 0.494 e. The summed E-state index contributed by atoms with van der Waals surface area (Å²) in [4.78, 5) is 15.3. The quantitative estimate of drug-likeness (QED) is 0.334. The number of hydrogen-bond donors (Lipinski definition) is 0. The zero-order valence-electron chi connectivity index (χ0n) is 19.9. The summed E-state index contributed by atoms with van der Waals surface area (Å²) < 4.78 is 31.9. The SMILES string of the molecule is CCOc1ccc(-c2nn(-c3ccccc3)cc2C=C2SC(=S)N(C3CCS(=O)(=O)C3)C2=O)cc1C. The normalized spacial score (nSPS) is 20.4. The smallest absolute Gasteiger partial charge is 0.266 e. The third kappa shape index (κ3) is 4.85. The number of para-hydroxylation sites is 1. The Bertz CT molecular complexity index is 1480. The first-order valence-corrected chi connectivity index (χ1v) is 14.7. The number of carbonyl (C=O) groups is 1. The van der Waals surface area contributed by atoms with Gasteiger partial charge in [0.2, 0.25) is 0 Å². The third-order valence-corrected chi connectivity index (χ3v) is 9.28. The van der Waals surface area contributed by atoms with E-state index in [1.54, 1.807) is 10.8 Å². The summed E-state index contributed by atoms with van der Waals surface area (Å²) in [6, 6.07) is 15.3. The lowest BCUT2D eigenvalue weighted by Crippen LogP contribution is -2.39. The number of ether oxygens (including phenoxy) is 1. The Hall–Kier alpha value is -2.95. The highest BCUT2D eigenvalue weighted by Gasteiger charge is 2.42. The van der Waals surface area contributed by atoms with Gasteiger partial charge in [0, 0.05) is 17.3 Å². The number of hydrogen-bond acceptors (Lipinski definition) is 7. The second-order valence-electron chi connectivity index (χ2n) is 8.74. The van der Waals surface area contributed by atoms with Gasteiger partial charge in [0.25, 0.3) is 5.91 Å². The number of nitrogens with zero attached hydrogens (tertiary/aromatic N) is 3. The van der Waals surface area contributed by atoms with Crippen LogP contribution in [0.5, 0.6) is 5.75 Å². The summed E-state index contributed by atoms with van der Waals surface area (Å²) >= 11 is 6.69. The molecular weight excluding hydrogens is 515 g/mol.